The summed E-state index contributed by atoms with van der Waals surface area (Å²) in [4.78, 5) is 10.8. The number of carboxylic acid groups (broad SMARTS) is 1. The molecule has 20 heavy (non-hydrogen) atoms. The van der Waals surface area contributed by atoms with E-state index in [0.717, 1.165) is 13.0 Å². The van der Waals surface area contributed by atoms with Crippen LogP contribution in [-0.2, 0) is 13.0 Å². The van der Waals surface area contributed by atoms with Crippen LogP contribution in [0.25, 0.3) is 0 Å². The summed E-state index contributed by atoms with van der Waals surface area (Å²) < 4.78 is 5.29. The number of aromatic carboxylic acids is 1. The number of aryl methyl sites for hydroxylation is 1. The van der Waals surface area contributed by atoms with Crippen molar-refractivity contribution in [3.05, 3.63) is 59.0 Å². The molecule has 0 fully saturated rings. The quantitative estimate of drug-likeness (QED) is 0.846. The smallest absolute Gasteiger partial charge is 0.371 e. The zero-order valence-electron chi connectivity index (χ0n) is 11.7. The fourth-order valence-corrected chi connectivity index (χ4v) is 2.14. The zero-order chi connectivity index (χ0) is 14.5. The molecule has 1 unspecified atom stereocenters. The Balaban J connectivity index is 2.00. The van der Waals surface area contributed by atoms with Crippen LogP contribution in [-0.4, -0.2) is 11.1 Å². The van der Waals surface area contributed by atoms with Gasteiger partial charge in [0.1, 0.15) is 5.76 Å². The molecule has 0 saturated carbocycles. The van der Waals surface area contributed by atoms with E-state index in [0.29, 0.717) is 5.76 Å². The fraction of sp³-hybridized carbons (Fsp3) is 0.312. The molecule has 4 nitrogen and oxygen atoms in total. The minimum absolute atomic E-state index is 0.0254. The first-order valence-electron chi connectivity index (χ1n) is 6.75. The van der Waals surface area contributed by atoms with Crippen LogP contribution in [0.4, 0.5) is 0 Å². The number of hydrogen-bond acceptors (Lipinski definition) is 3. The van der Waals surface area contributed by atoms with Crippen LogP contribution in [0, 0.1) is 0 Å². The maximum atomic E-state index is 10.8. The van der Waals surface area contributed by atoms with Crippen LogP contribution in [0.15, 0.2) is 40.8 Å². The number of rotatable bonds is 6. The molecule has 2 N–H and O–H groups in total. The Morgan fingerprint density at radius 2 is 1.95 bits per heavy atom. The second-order valence-electron chi connectivity index (χ2n) is 4.73. The van der Waals surface area contributed by atoms with Crippen molar-refractivity contribution in [2.45, 2.75) is 32.9 Å². The molecule has 1 heterocycles. The molecule has 1 aromatic heterocycles. The van der Waals surface area contributed by atoms with Crippen LogP contribution in [0.3, 0.4) is 0 Å². The van der Waals surface area contributed by atoms with E-state index in [9.17, 15) is 4.79 Å². The Hall–Kier alpha value is -2.07. The van der Waals surface area contributed by atoms with Crippen molar-refractivity contribution >= 4 is 5.97 Å². The molecule has 0 aliphatic heterocycles. The molecular weight excluding hydrogens is 254 g/mol. The molecule has 2 aromatic rings. The number of benzene rings is 1. The average Bonchev–Trinajstić information content (AvgIpc) is 2.95. The van der Waals surface area contributed by atoms with Gasteiger partial charge in [-0.1, -0.05) is 31.2 Å². The van der Waals surface area contributed by atoms with Crippen LogP contribution in [0.5, 0.6) is 0 Å². The number of carbonyl (C=O) groups is 1. The lowest BCUT2D eigenvalue weighted by molar-refractivity contribution is 0.0659. The van der Waals surface area contributed by atoms with Gasteiger partial charge in [0.05, 0.1) is 6.04 Å². The SMILES string of the molecule is CCc1ccccc1CNC(C)c1ccc(C(=O)O)o1. The van der Waals surface area contributed by atoms with Crippen LogP contribution >= 0.6 is 0 Å². The highest BCUT2D eigenvalue weighted by atomic mass is 16.4. The van der Waals surface area contributed by atoms with Crippen molar-refractivity contribution in [2.24, 2.45) is 0 Å². The standard InChI is InChI=1S/C16H19NO3/c1-3-12-6-4-5-7-13(12)10-17-11(2)14-8-9-15(20-14)16(18)19/h4-9,11,17H,3,10H2,1-2H3,(H,18,19). The molecule has 0 radical (unpaired) electrons. The van der Waals surface area contributed by atoms with Gasteiger partial charge in [0.2, 0.25) is 5.76 Å². The minimum atomic E-state index is -1.04. The predicted octanol–water partition coefficient (Wildman–Crippen LogP) is 3.39. The van der Waals surface area contributed by atoms with Gasteiger partial charge in [-0.05, 0) is 36.6 Å². The lowest BCUT2D eigenvalue weighted by Crippen LogP contribution is -2.18. The zero-order valence-corrected chi connectivity index (χ0v) is 11.7. The topological polar surface area (TPSA) is 62.5 Å². The van der Waals surface area contributed by atoms with Gasteiger partial charge in [-0.2, -0.15) is 0 Å². The molecule has 106 valence electrons. The van der Waals surface area contributed by atoms with Gasteiger partial charge in [0, 0.05) is 6.54 Å². The Bertz CT molecular complexity index is 589. The first-order valence-corrected chi connectivity index (χ1v) is 6.75. The molecule has 1 atom stereocenters. The highest BCUT2D eigenvalue weighted by Crippen LogP contribution is 2.17. The van der Waals surface area contributed by atoms with Crippen LogP contribution < -0.4 is 5.32 Å². The van der Waals surface area contributed by atoms with Gasteiger partial charge in [-0.3, -0.25) is 0 Å². The number of furan rings is 1. The second-order valence-corrected chi connectivity index (χ2v) is 4.73. The highest BCUT2D eigenvalue weighted by molar-refractivity contribution is 5.84. The third kappa shape index (κ3) is 3.27. The van der Waals surface area contributed by atoms with E-state index in [1.54, 1.807) is 6.07 Å². The Morgan fingerprint density at radius 3 is 2.55 bits per heavy atom. The molecule has 0 aliphatic carbocycles. The minimum Gasteiger partial charge on any atom is -0.475 e. The van der Waals surface area contributed by atoms with E-state index < -0.39 is 5.97 Å². The maximum Gasteiger partial charge on any atom is 0.371 e. The Kier molecular flexibility index (Phi) is 4.58. The lowest BCUT2D eigenvalue weighted by Gasteiger charge is -2.13. The molecule has 4 heteroatoms. The van der Waals surface area contributed by atoms with E-state index in [1.807, 2.05) is 19.1 Å². The van der Waals surface area contributed by atoms with E-state index in [-0.39, 0.29) is 11.8 Å². The van der Waals surface area contributed by atoms with Gasteiger partial charge in [-0.25, -0.2) is 4.79 Å². The fourth-order valence-electron chi connectivity index (χ4n) is 2.14. The molecule has 1 aromatic carbocycles. The number of carboxylic acids is 1. The summed E-state index contributed by atoms with van der Waals surface area (Å²) >= 11 is 0. The molecule has 0 aliphatic rings. The molecule has 0 amide bonds. The summed E-state index contributed by atoms with van der Waals surface area (Å²) in [6.07, 6.45) is 0.996. The van der Waals surface area contributed by atoms with E-state index in [1.165, 1.54) is 17.2 Å². The molecule has 2 rings (SSSR count). The molecule has 0 bridgehead atoms. The summed E-state index contributed by atoms with van der Waals surface area (Å²) in [5, 5.41) is 12.2. The first-order chi connectivity index (χ1) is 9.61. The second kappa shape index (κ2) is 6.39. The van der Waals surface area contributed by atoms with E-state index in [2.05, 4.69) is 24.4 Å². The number of hydrogen-bond donors (Lipinski definition) is 2. The van der Waals surface area contributed by atoms with Crippen molar-refractivity contribution in [3.8, 4) is 0 Å². The maximum absolute atomic E-state index is 10.8. The Morgan fingerprint density at radius 1 is 1.25 bits per heavy atom. The van der Waals surface area contributed by atoms with Gasteiger partial charge < -0.3 is 14.8 Å². The number of nitrogens with one attached hydrogen (secondary N) is 1. The first kappa shape index (κ1) is 14.3. The predicted molar refractivity (Wildman–Crippen MR) is 76.7 cm³/mol. The lowest BCUT2D eigenvalue weighted by atomic mass is 10.1. The largest absolute Gasteiger partial charge is 0.475 e. The normalized spacial score (nSPS) is 12.3. The highest BCUT2D eigenvalue weighted by Gasteiger charge is 2.14. The monoisotopic (exact) mass is 273 g/mol. The van der Waals surface area contributed by atoms with Crippen LogP contribution in [0.1, 0.15) is 47.3 Å². The van der Waals surface area contributed by atoms with Gasteiger partial charge in [0.25, 0.3) is 0 Å². The average molecular weight is 273 g/mol. The summed E-state index contributed by atoms with van der Waals surface area (Å²) in [6, 6.07) is 11.4. The van der Waals surface area contributed by atoms with Gasteiger partial charge in [0.15, 0.2) is 0 Å². The third-order valence-corrected chi connectivity index (χ3v) is 3.36. The molecule has 0 spiro atoms. The van der Waals surface area contributed by atoms with Crippen molar-refractivity contribution in [1.29, 1.82) is 0 Å². The van der Waals surface area contributed by atoms with Gasteiger partial charge >= 0.3 is 5.97 Å². The van der Waals surface area contributed by atoms with Crippen molar-refractivity contribution in [3.63, 3.8) is 0 Å². The summed E-state index contributed by atoms with van der Waals surface area (Å²) in [7, 11) is 0. The van der Waals surface area contributed by atoms with E-state index >= 15 is 0 Å². The molecular formula is C16H19NO3. The van der Waals surface area contributed by atoms with E-state index in [4.69, 9.17) is 9.52 Å². The Labute approximate surface area is 118 Å². The summed E-state index contributed by atoms with van der Waals surface area (Å²) in [5.74, 6) is -0.432. The van der Waals surface area contributed by atoms with Crippen molar-refractivity contribution in [1.82, 2.24) is 5.32 Å². The summed E-state index contributed by atoms with van der Waals surface area (Å²) in [5.41, 5.74) is 2.57. The molecule has 0 saturated heterocycles. The summed E-state index contributed by atoms with van der Waals surface area (Å²) in [6.45, 7) is 4.82. The van der Waals surface area contributed by atoms with Crippen LogP contribution in [0.2, 0.25) is 0 Å². The third-order valence-electron chi connectivity index (χ3n) is 3.36. The van der Waals surface area contributed by atoms with Crippen molar-refractivity contribution in [2.75, 3.05) is 0 Å². The van der Waals surface area contributed by atoms with Gasteiger partial charge in [-0.15, -0.1) is 0 Å². The van der Waals surface area contributed by atoms with Crippen molar-refractivity contribution < 1.29 is 14.3 Å².